The van der Waals surface area contributed by atoms with E-state index >= 15 is 0 Å². The van der Waals surface area contributed by atoms with E-state index in [1.165, 1.54) is 12.1 Å². The summed E-state index contributed by atoms with van der Waals surface area (Å²) in [6, 6.07) is 22.4. The number of nitrogens with one attached hydrogen (secondary N) is 2. The van der Waals surface area contributed by atoms with Crippen LogP contribution < -0.4 is 20.1 Å². The average Bonchev–Trinajstić information content (AvgIpc) is 3.05. The molecule has 0 aliphatic carbocycles. The number of halogens is 1. The average molecular weight is 615 g/mol. The fourth-order valence-corrected chi connectivity index (χ4v) is 3.76. The van der Waals surface area contributed by atoms with E-state index in [1.54, 1.807) is 36.4 Å². The Bertz CT molecular complexity index is 1170. The fourth-order valence-electron chi connectivity index (χ4n) is 3.76. The normalized spacial score (nSPS) is 11.7. The lowest BCUT2D eigenvalue weighted by atomic mass is 10.2. The Morgan fingerprint density at radius 2 is 1.30 bits per heavy atom. The molecular weight excluding hydrogens is 571 g/mol. The highest BCUT2D eigenvalue weighted by molar-refractivity contribution is 5.94. The molecule has 1 unspecified atom stereocenters. The van der Waals surface area contributed by atoms with Crippen LogP contribution in [-0.2, 0) is 25.6 Å². The summed E-state index contributed by atoms with van der Waals surface area (Å²) in [4.78, 5) is 11.9. The van der Waals surface area contributed by atoms with Gasteiger partial charge in [-0.15, -0.1) is 0 Å². The van der Waals surface area contributed by atoms with Crippen molar-refractivity contribution in [1.29, 1.82) is 0 Å². The van der Waals surface area contributed by atoms with Gasteiger partial charge in [-0.1, -0.05) is 36.4 Å². The Labute approximate surface area is 258 Å². The summed E-state index contributed by atoms with van der Waals surface area (Å²) in [5.74, 6) is 0.810. The number of aliphatic hydroxyl groups excluding tert-OH is 1. The molecule has 3 aromatic rings. The van der Waals surface area contributed by atoms with E-state index in [0.29, 0.717) is 96.2 Å². The molecule has 0 saturated heterocycles. The highest BCUT2D eigenvalue weighted by Gasteiger charge is 2.06. The van der Waals surface area contributed by atoms with Crippen molar-refractivity contribution in [3.05, 3.63) is 95.8 Å². The molecule has 1 amide bonds. The molecule has 0 bridgehead atoms. The van der Waals surface area contributed by atoms with Gasteiger partial charge in [0.25, 0.3) is 5.91 Å². The summed E-state index contributed by atoms with van der Waals surface area (Å²) in [7, 11) is 0. The number of ether oxygens (including phenoxy) is 6. The number of benzene rings is 3. The van der Waals surface area contributed by atoms with Crippen molar-refractivity contribution < 1.29 is 42.7 Å². The van der Waals surface area contributed by atoms with Gasteiger partial charge in [-0.05, 0) is 42.0 Å². The Morgan fingerprint density at radius 3 is 1.95 bits per heavy atom. The minimum Gasteiger partial charge on any atom is -0.491 e. The van der Waals surface area contributed by atoms with E-state index in [-0.39, 0.29) is 18.3 Å². The van der Waals surface area contributed by atoms with E-state index < -0.39 is 6.10 Å². The molecule has 44 heavy (non-hydrogen) atoms. The molecule has 10 nitrogen and oxygen atoms in total. The monoisotopic (exact) mass is 614 g/mol. The predicted octanol–water partition coefficient (Wildman–Crippen LogP) is 3.23. The van der Waals surface area contributed by atoms with E-state index in [0.717, 1.165) is 5.56 Å². The quantitative estimate of drug-likeness (QED) is 0.131. The molecule has 0 aliphatic heterocycles. The Hall–Kier alpha value is -3.58. The predicted molar refractivity (Wildman–Crippen MR) is 164 cm³/mol. The van der Waals surface area contributed by atoms with Gasteiger partial charge in [-0.2, -0.15) is 0 Å². The van der Waals surface area contributed by atoms with Gasteiger partial charge in [-0.3, -0.25) is 4.79 Å². The van der Waals surface area contributed by atoms with Crippen LogP contribution in [0.15, 0.2) is 78.9 Å². The van der Waals surface area contributed by atoms with Gasteiger partial charge < -0.3 is 44.2 Å². The topological polar surface area (TPSA) is 117 Å². The lowest BCUT2D eigenvalue weighted by Crippen LogP contribution is -2.33. The SMILES string of the molecule is O=C(NCCOCCOCCOCCOCCNCC(O)COc1cccc(OCc2ccc(F)cc2)c1)c1ccccc1. The summed E-state index contributed by atoms with van der Waals surface area (Å²) >= 11 is 0. The minimum atomic E-state index is -0.687. The van der Waals surface area contributed by atoms with Gasteiger partial charge in [0.1, 0.15) is 36.6 Å². The van der Waals surface area contributed by atoms with Gasteiger partial charge in [0, 0.05) is 31.3 Å². The summed E-state index contributed by atoms with van der Waals surface area (Å²) < 4.78 is 46.4. The van der Waals surface area contributed by atoms with Crippen LogP contribution in [0.1, 0.15) is 15.9 Å². The smallest absolute Gasteiger partial charge is 0.251 e. The molecule has 3 N–H and O–H groups in total. The molecule has 0 radical (unpaired) electrons. The summed E-state index contributed by atoms with van der Waals surface area (Å²) in [5.41, 5.74) is 1.49. The van der Waals surface area contributed by atoms with E-state index in [9.17, 15) is 14.3 Å². The second-order valence-electron chi connectivity index (χ2n) is 9.63. The number of rotatable bonds is 24. The maximum absolute atomic E-state index is 13.0. The van der Waals surface area contributed by atoms with Crippen LogP contribution in [0.4, 0.5) is 4.39 Å². The molecular formula is C33H43FN2O8. The van der Waals surface area contributed by atoms with Crippen molar-refractivity contribution in [3.8, 4) is 11.5 Å². The Balaban J connectivity index is 1.06. The Kier molecular flexibility index (Phi) is 17.5. The van der Waals surface area contributed by atoms with Gasteiger partial charge in [0.05, 0.1) is 52.9 Å². The molecule has 3 aromatic carbocycles. The first kappa shape index (κ1) is 34.9. The molecule has 0 aliphatic rings. The molecule has 0 fully saturated rings. The van der Waals surface area contributed by atoms with Crippen molar-refractivity contribution in [2.45, 2.75) is 12.7 Å². The van der Waals surface area contributed by atoms with Crippen LogP contribution in [0.5, 0.6) is 11.5 Å². The van der Waals surface area contributed by atoms with Crippen molar-refractivity contribution in [2.24, 2.45) is 0 Å². The summed E-state index contributed by atoms with van der Waals surface area (Å²) in [6.45, 7) is 5.49. The zero-order chi connectivity index (χ0) is 31.1. The molecule has 240 valence electrons. The van der Waals surface area contributed by atoms with Gasteiger partial charge in [0.15, 0.2) is 0 Å². The lowest BCUT2D eigenvalue weighted by Gasteiger charge is -2.14. The molecule has 11 heteroatoms. The summed E-state index contributed by atoms with van der Waals surface area (Å²) in [6.07, 6.45) is -0.687. The highest BCUT2D eigenvalue weighted by Crippen LogP contribution is 2.20. The van der Waals surface area contributed by atoms with Crippen LogP contribution in [0.3, 0.4) is 0 Å². The first-order valence-corrected chi connectivity index (χ1v) is 14.7. The van der Waals surface area contributed by atoms with Gasteiger partial charge >= 0.3 is 0 Å². The molecule has 3 rings (SSSR count). The fraction of sp³-hybridized carbons (Fsp3) is 0.424. The van der Waals surface area contributed by atoms with Crippen LogP contribution in [0.25, 0.3) is 0 Å². The first-order chi connectivity index (χ1) is 21.6. The number of carbonyl (C=O) groups excluding carboxylic acids is 1. The third kappa shape index (κ3) is 15.8. The molecule has 0 saturated carbocycles. The van der Waals surface area contributed by atoms with Crippen LogP contribution in [0, 0.1) is 5.82 Å². The molecule has 0 heterocycles. The van der Waals surface area contributed by atoms with Gasteiger partial charge in [-0.25, -0.2) is 4.39 Å². The minimum absolute atomic E-state index is 0.116. The maximum atomic E-state index is 13.0. The number of hydrogen-bond acceptors (Lipinski definition) is 9. The van der Waals surface area contributed by atoms with Crippen molar-refractivity contribution in [1.82, 2.24) is 10.6 Å². The number of amides is 1. The third-order valence-electron chi connectivity index (χ3n) is 6.05. The molecule has 0 spiro atoms. The largest absolute Gasteiger partial charge is 0.491 e. The number of aliphatic hydroxyl groups is 1. The number of hydrogen-bond donors (Lipinski definition) is 3. The molecule has 1 atom stereocenters. The maximum Gasteiger partial charge on any atom is 0.251 e. The molecule has 0 aromatic heterocycles. The number of carbonyl (C=O) groups is 1. The van der Waals surface area contributed by atoms with Crippen molar-refractivity contribution in [3.63, 3.8) is 0 Å². The second-order valence-corrected chi connectivity index (χ2v) is 9.63. The first-order valence-electron chi connectivity index (χ1n) is 14.7. The van der Waals surface area contributed by atoms with Crippen LogP contribution >= 0.6 is 0 Å². The van der Waals surface area contributed by atoms with E-state index in [2.05, 4.69) is 10.6 Å². The van der Waals surface area contributed by atoms with Crippen LogP contribution in [0.2, 0.25) is 0 Å². The zero-order valence-electron chi connectivity index (χ0n) is 25.0. The van der Waals surface area contributed by atoms with Crippen molar-refractivity contribution >= 4 is 5.91 Å². The summed E-state index contributed by atoms with van der Waals surface area (Å²) in [5, 5.41) is 16.1. The third-order valence-corrected chi connectivity index (χ3v) is 6.05. The van der Waals surface area contributed by atoms with Gasteiger partial charge in [0.2, 0.25) is 0 Å². The van der Waals surface area contributed by atoms with E-state index in [1.807, 2.05) is 30.3 Å². The second kappa shape index (κ2) is 22.0. The van der Waals surface area contributed by atoms with Crippen LogP contribution in [-0.4, -0.2) is 96.2 Å². The Morgan fingerprint density at radius 1 is 0.705 bits per heavy atom. The standard InChI is InChI=1S/C33H43FN2O8/c34-29-11-9-27(10-12-29)25-43-31-7-4-8-32(23-31)44-26-30(37)24-35-13-15-39-17-19-41-21-22-42-20-18-40-16-14-36-33(38)28-5-2-1-3-6-28/h1-12,23,30,35,37H,13-22,24-26H2,(H,36,38). The van der Waals surface area contributed by atoms with Crippen molar-refractivity contribution in [2.75, 3.05) is 79.1 Å². The van der Waals surface area contributed by atoms with E-state index in [4.69, 9.17) is 28.4 Å². The highest BCUT2D eigenvalue weighted by atomic mass is 19.1. The zero-order valence-corrected chi connectivity index (χ0v) is 25.0. The lowest BCUT2D eigenvalue weighted by molar-refractivity contribution is -0.00126.